The fraction of sp³-hybridized carbons (Fsp3) is 0.429. The molecule has 0 fully saturated rings. The third-order valence-electron chi connectivity index (χ3n) is 2.62. The predicted molar refractivity (Wildman–Crippen MR) is 79.5 cm³/mol. The summed E-state index contributed by atoms with van der Waals surface area (Å²) in [5, 5.41) is 2.75. The summed E-state index contributed by atoms with van der Waals surface area (Å²) in [5.74, 6) is 0.628. The number of carbonyl (C=O) groups excluding carboxylic acids is 2. The van der Waals surface area contributed by atoms with Crippen LogP contribution in [0.5, 0.6) is 11.5 Å². The number of benzene rings is 1. The van der Waals surface area contributed by atoms with Crippen LogP contribution >= 0.6 is 15.9 Å². The van der Waals surface area contributed by atoms with E-state index in [-0.39, 0.29) is 12.5 Å². The second kappa shape index (κ2) is 8.58. The van der Waals surface area contributed by atoms with Crippen LogP contribution < -0.4 is 14.8 Å². The Hall–Kier alpha value is -1.56. The average Bonchev–Trinajstić information content (AvgIpc) is 2.45. The molecule has 0 atom stereocenters. The molecule has 1 amide bonds. The second-order valence-electron chi connectivity index (χ2n) is 4.13. The molecule has 0 bridgehead atoms. The van der Waals surface area contributed by atoms with Gasteiger partial charge in [0, 0.05) is 16.6 Å². The number of hydrogen-bond acceptors (Lipinski definition) is 4. The van der Waals surface area contributed by atoms with E-state index in [0.717, 1.165) is 12.8 Å². The Balaban J connectivity index is 2.66. The molecule has 6 heteroatoms. The second-order valence-corrected chi connectivity index (χ2v) is 4.99. The summed E-state index contributed by atoms with van der Waals surface area (Å²) >= 11 is 3.26. The fourth-order valence-electron chi connectivity index (χ4n) is 1.51. The van der Waals surface area contributed by atoms with E-state index in [0.29, 0.717) is 34.4 Å². The number of rotatable bonds is 8. The average molecular weight is 344 g/mol. The molecule has 110 valence electrons. The lowest BCUT2D eigenvalue weighted by Gasteiger charge is -2.12. The molecule has 0 unspecified atom stereocenters. The minimum absolute atomic E-state index is 0.111. The largest absolute Gasteiger partial charge is 0.493 e. The van der Waals surface area contributed by atoms with E-state index in [9.17, 15) is 9.59 Å². The zero-order valence-corrected chi connectivity index (χ0v) is 13.2. The molecule has 0 aliphatic carbocycles. The molecule has 1 rings (SSSR count). The Morgan fingerprint density at radius 2 is 2.15 bits per heavy atom. The minimum atomic E-state index is -0.198. The molecule has 0 saturated heterocycles. The maximum atomic E-state index is 11.6. The Morgan fingerprint density at radius 3 is 2.75 bits per heavy atom. The first-order valence-electron chi connectivity index (χ1n) is 6.34. The van der Waals surface area contributed by atoms with Gasteiger partial charge in [-0.3, -0.25) is 9.59 Å². The zero-order valence-electron chi connectivity index (χ0n) is 11.6. The van der Waals surface area contributed by atoms with Gasteiger partial charge in [0.15, 0.2) is 24.4 Å². The van der Waals surface area contributed by atoms with Crippen molar-refractivity contribution in [3.05, 3.63) is 22.2 Å². The van der Waals surface area contributed by atoms with Gasteiger partial charge in [0.1, 0.15) is 0 Å². The van der Waals surface area contributed by atoms with Gasteiger partial charge < -0.3 is 14.8 Å². The Kier molecular flexibility index (Phi) is 7.08. The van der Waals surface area contributed by atoms with Gasteiger partial charge >= 0.3 is 0 Å². The van der Waals surface area contributed by atoms with Gasteiger partial charge in [0.05, 0.1) is 7.11 Å². The summed E-state index contributed by atoms with van der Waals surface area (Å²) in [6.45, 7) is 2.58. The molecule has 0 aromatic heterocycles. The lowest BCUT2D eigenvalue weighted by Crippen LogP contribution is -2.29. The molecule has 0 spiro atoms. The van der Waals surface area contributed by atoms with Gasteiger partial charge in [-0.25, -0.2) is 0 Å². The van der Waals surface area contributed by atoms with E-state index >= 15 is 0 Å². The molecule has 0 aliphatic rings. The number of carbonyl (C=O) groups is 2. The molecular formula is C14H18BrNO4. The summed E-state index contributed by atoms with van der Waals surface area (Å²) in [5.41, 5.74) is 0.437. The van der Waals surface area contributed by atoms with Gasteiger partial charge in [-0.2, -0.15) is 0 Å². The Bertz CT molecular complexity index is 476. The van der Waals surface area contributed by atoms with Crippen molar-refractivity contribution in [2.24, 2.45) is 0 Å². The number of hydrogen-bond donors (Lipinski definition) is 1. The van der Waals surface area contributed by atoms with Crippen LogP contribution in [0.25, 0.3) is 0 Å². The highest BCUT2D eigenvalue weighted by atomic mass is 79.9. The summed E-state index contributed by atoms with van der Waals surface area (Å²) in [7, 11) is 1.50. The van der Waals surface area contributed by atoms with Crippen LogP contribution in [0.15, 0.2) is 16.6 Å². The normalized spacial score (nSPS) is 9.95. The quantitative estimate of drug-likeness (QED) is 0.582. The van der Waals surface area contributed by atoms with Crippen molar-refractivity contribution in [1.82, 2.24) is 5.32 Å². The molecular weight excluding hydrogens is 326 g/mol. The van der Waals surface area contributed by atoms with Gasteiger partial charge in [-0.1, -0.05) is 13.3 Å². The van der Waals surface area contributed by atoms with Gasteiger partial charge in [-0.15, -0.1) is 0 Å². The fourth-order valence-corrected chi connectivity index (χ4v) is 1.93. The van der Waals surface area contributed by atoms with Crippen molar-refractivity contribution in [3.63, 3.8) is 0 Å². The molecule has 5 nitrogen and oxygen atoms in total. The molecule has 0 radical (unpaired) electrons. The van der Waals surface area contributed by atoms with Crippen LogP contribution in [0.2, 0.25) is 0 Å². The third-order valence-corrected chi connectivity index (χ3v) is 3.31. The van der Waals surface area contributed by atoms with Gasteiger partial charge in [-0.05, 0) is 34.5 Å². The van der Waals surface area contributed by atoms with Crippen molar-refractivity contribution in [1.29, 1.82) is 0 Å². The number of methoxy groups -OCH3 is 1. The summed E-state index contributed by atoms with van der Waals surface area (Å²) in [6, 6.07) is 3.17. The number of unbranched alkanes of at least 4 members (excludes halogenated alkanes) is 1. The van der Waals surface area contributed by atoms with Crippen LogP contribution in [0, 0.1) is 0 Å². The molecule has 1 aromatic carbocycles. The van der Waals surface area contributed by atoms with Crippen molar-refractivity contribution < 1.29 is 19.1 Å². The third kappa shape index (κ3) is 4.85. The number of aldehydes is 1. The first kappa shape index (κ1) is 16.5. The predicted octanol–water partition coefficient (Wildman–Crippen LogP) is 2.57. The van der Waals surface area contributed by atoms with Crippen LogP contribution in [0.3, 0.4) is 0 Å². The summed E-state index contributed by atoms with van der Waals surface area (Å²) < 4.78 is 11.2. The molecule has 1 aromatic rings. The first-order chi connectivity index (χ1) is 9.62. The number of nitrogens with one attached hydrogen (secondary N) is 1. The molecule has 0 saturated carbocycles. The lowest BCUT2D eigenvalue weighted by molar-refractivity contribution is -0.123. The molecule has 0 heterocycles. The maximum Gasteiger partial charge on any atom is 0.257 e. The van der Waals surface area contributed by atoms with E-state index in [1.165, 1.54) is 13.2 Å². The van der Waals surface area contributed by atoms with Crippen LogP contribution in [0.4, 0.5) is 0 Å². The van der Waals surface area contributed by atoms with Crippen LogP contribution in [-0.2, 0) is 4.79 Å². The van der Waals surface area contributed by atoms with E-state index in [4.69, 9.17) is 9.47 Å². The first-order valence-corrected chi connectivity index (χ1v) is 7.13. The van der Waals surface area contributed by atoms with Crippen LogP contribution in [-0.4, -0.2) is 32.5 Å². The van der Waals surface area contributed by atoms with Crippen molar-refractivity contribution in [2.75, 3.05) is 20.3 Å². The smallest absolute Gasteiger partial charge is 0.257 e. The van der Waals surface area contributed by atoms with E-state index in [2.05, 4.69) is 28.2 Å². The maximum absolute atomic E-state index is 11.6. The van der Waals surface area contributed by atoms with Crippen LogP contribution in [0.1, 0.15) is 30.1 Å². The molecule has 1 N–H and O–H groups in total. The van der Waals surface area contributed by atoms with E-state index in [1.54, 1.807) is 6.07 Å². The Labute approximate surface area is 126 Å². The summed E-state index contributed by atoms with van der Waals surface area (Å²) in [4.78, 5) is 22.4. The topological polar surface area (TPSA) is 64.6 Å². The SMILES string of the molecule is CCCCNC(=O)COc1cc(C=O)c(Br)cc1OC. The van der Waals surface area contributed by atoms with E-state index < -0.39 is 0 Å². The monoisotopic (exact) mass is 343 g/mol. The van der Waals surface area contributed by atoms with Crippen molar-refractivity contribution in [3.8, 4) is 11.5 Å². The Morgan fingerprint density at radius 1 is 1.40 bits per heavy atom. The number of halogens is 1. The van der Waals surface area contributed by atoms with Crippen molar-refractivity contribution >= 4 is 28.1 Å². The number of amides is 1. The highest BCUT2D eigenvalue weighted by Crippen LogP contribution is 2.32. The highest BCUT2D eigenvalue weighted by Gasteiger charge is 2.11. The van der Waals surface area contributed by atoms with Crippen molar-refractivity contribution in [2.45, 2.75) is 19.8 Å². The van der Waals surface area contributed by atoms with E-state index in [1.807, 2.05) is 0 Å². The molecule has 0 aliphatic heterocycles. The minimum Gasteiger partial charge on any atom is -0.493 e. The summed E-state index contributed by atoms with van der Waals surface area (Å²) in [6.07, 6.45) is 2.66. The van der Waals surface area contributed by atoms with Gasteiger partial charge in [0.2, 0.25) is 0 Å². The van der Waals surface area contributed by atoms with Gasteiger partial charge in [0.25, 0.3) is 5.91 Å². The molecule has 20 heavy (non-hydrogen) atoms. The zero-order chi connectivity index (χ0) is 15.0. The highest BCUT2D eigenvalue weighted by molar-refractivity contribution is 9.10. The number of ether oxygens (including phenoxy) is 2. The standard InChI is InChI=1S/C14H18BrNO4/c1-3-4-5-16-14(18)9-20-13-6-10(8-17)11(15)7-12(13)19-2/h6-8H,3-5,9H2,1-2H3,(H,16,18). The lowest BCUT2D eigenvalue weighted by atomic mass is 10.2.